The van der Waals surface area contributed by atoms with E-state index >= 15 is 0 Å². The predicted octanol–water partition coefficient (Wildman–Crippen LogP) is 4.07. The molecule has 0 spiro atoms. The van der Waals surface area contributed by atoms with Crippen molar-refractivity contribution in [2.75, 3.05) is 5.32 Å². The van der Waals surface area contributed by atoms with E-state index in [0.717, 1.165) is 22.5 Å². The molecule has 31 heavy (non-hydrogen) atoms. The fraction of sp³-hybridized carbons (Fsp3) is 0.0435. The molecule has 0 unspecified atom stereocenters. The number of hydrogen-bond acceptors (Lipinski definition) is 7. The highest BCUT2D eigenvalue weighted by Gasteiger charge is 2.26. The largest absolute Gasteiger partial charge is 0.338 e. The second-order valence-electron chi connectivity index (χ2n) is 6.88. The lowest BCUT2D eigenvalue weighted by Gasteiger charge is -2.09. The van der Waals surface area contributed by atoms with Crippen molar-refractivity contribution in [1.82, 2.24) is 19.9 Å². The maximum Gasteiger partial charge on any atom is 0.141 e. The zero-order valence-corrected chi connectivity index (χ0v) is 16.0. The molecule has 144 valence electrons. The van der Waals surface area contributed by atoms with Crippen LogP contribution in [0.25, 0.3) is 33.9 Å². The minimum Gasteiger partial charge on any atom is -0.338 e. The van der Waals surface area contributed by atoms with Gasteiger partial charge in [0.15, 0.2) is 0 Å². The number of hydrogen-bond donors (Lipinski definition) is 2. The van der Waals surface area contributed by atoms with Gasteiger partial charge in [0, 0.05) is 23.5 Å². The molecular weight excluding hydrogens is 388 g/mol. The van der Waals surface area contributed by atoms with Gasteiger partial charge in [-0.3, -0.25) is 4.98 Å². The Hall–Kier alpha value is -5.00. The Morgan fingerprint density at radius 1 is 0.968 bits per heavy atom. The number of pyridine rings is 2. The molecule has 0 aliphatic carbocycles. The summed E-state index contributed by atoms with van der Waals surface area (Å²) in [6.45, 7) is 0. The molecular formula is C23H12N8. The molecule has 0 saturated heterocycles. The summed E-state index contributed by atoms with van der Waals surface area (Å²) >= 11 is 0. The van der Waals surface area contributed by atoms with Crippen molar-refractivity contribution in [2.45, 2.75) is 6.42 Å². The molecule has 0 fully saturated rings. The number of H-pyrrole nitrogens is 1. The van der Waals surface area contributed by atoms with Crippen LogP contribution in [0, 0.1) is 34.0 Å². The van der Waals surface area contributed by atoms with E-state index in [4.69, 9.17) is 10.2 Å². The van der Waals surface area contributed by atoms with Gasteiger partial charge in [-0.05, 0) is 35.9 Å². The van der Waals surface area contributed by atoms with Crippen LogP contribution in [0.5, 0.6) is 0 Å². The fourth-order valence-electron chi connectivity index (χ4n) is 3.74. The van der Waals surface area contributed by atoms with Gasteiger partial charge in [-0.2, -0.15) is 15.8 Å². The molecule has 0 saturated carbocycles. The highest BCUT2D eigenvalue weighted by molar-refractivity contribution is 5.95. The van der Waals surface area contributed by atoms with Crippen LogP contribution in [-0.4, -0.2) is 19.9 Å². The number of aromatic amines is 1. The van der Waals surface area contributed by atoms with Crippen molar-refractivity contribution in [3.05, 3.63) is 65.6 Å². The van der Waals surface area contributed by atoms with E-state index in [0.29, 0.717) is 28.5 Å². The van der Waals surface area contributed by atoms with Crippen LogP contribution in [0.2, 0.25) is 0 Å². The third kappa shape index (κ3) is 2.86. The maximum absolute atomic E-state index is 9.74. The number of nitrogens with one attached hydrogen (secondary N) is 2. The number of nitrogens with zero attached hydrogens (tertiary/aromatic N) is 6. The lowest BCUT2D eigenvalue weighted by molar-refractivity contribution is 1.23. The topological polar surface area (TPSA) is 138 Å². The third-order valence-electron chi connectivity index (χ3n) is 5.07. The Morgan fingerprint density at radius 3 is 2.52 bits per heavy atom. The molecule has 0 atom stereocenters. The first-order valence-corrected chi connectivity index (χ1v) is 9.34. The van der Waals surface area contributed by atoms with Crippen molar-refractivity contribution < 1.29 is 0 Å². The first-order chi connectivity index (χ1) is 15.2. The Labute approximate surface area is 177 Å². The van der Waals surface area contributed by atoms with Crippen molar-refractivity contribution in [3.63, 3.8) is 0 Å². The van der Waals surface area contributed by atoms with Gasteiger partial charge >= 0.3 is 0 Å². The highest BCUT2D eigenvalue weighted by atomic mass is 15.0. The Morgan fingerprint density at radius 2 is 1.77 bits per heavy atom. The summed E-state index contributed by atoms with van der Waals surface area (Å²) in [7, 11) is 0. The van der Waals surface area contributed by atoms with Crippen LogP contribution in [0.15, 0.2) is 48.9 Å². The summed E-state index contributed by atoms with van der Waals surface area (Å²) in [4.78, 5) is 16.7. The monoisotopic (exact) mass is 400 g/mol. The van der Waals surface area contributed by atoms with Gasteiger partial charge in [0.05, 0.1) is 58.9 Å². The van der Waals surface area contributed by atoms with Gasteiger partial charge in [-0.1, -0.05) is 0 Å². The molecule has 1 aromatic carbocycles. The SMILES string of the molecule is N#CCc1cc(C#N)c(-c2nc3c([nH]2)-c2ccncc2Nc2ncccc2-3)c(C#N)c1. The molecule has 0 amide bonds. The van der Waals surface area contributed by atoms with Gasteiger partial charge in [0.25, 0.3) is 0 Å². The standard InChI is InChI=1S/C23H12N8/c24-5-3-13-8-14(10-25)19(15(9-13)11-26)23-30-20-16-4-7-27-12-18(16)29-22-17(21(20)31-23)2-1-6-28-22/h1-2,4,6-9,12H,3H2,(H,28,29)(H,30,31). The zero-order chi connectivity index (χ0) is 21.4. The van der Waals surface area contributed by atoms with Crippen LogP contribution in [-0.2, 0) is 6.42 Å². The van der Waals surface area contributed by atoms with Crippen LogP contribution < -0.4 is 5.32 Å². The van der Waals surface area contributed by atoms with Gasteiger partial charge in [-0.25, -0.2) is 9.97 Å². The van der Waals surface area contributed by atoms with E-state index in [2.05, 4.69) is 38.5 Å². The molecule has 8 heteroatoms. The smallest absolute Gasteiger partial charge is 0.141 e. The average molecular weight is 400 g/mol. The second-order valence-corrected chi connectivity index (χ2v) is 6.88. The summed E-state index contributed by atoms with van der Waals surface area (Å²) in [5.74, 6) is 1.04. The molecule has 0 bridgehead atoms. The molecule has 4 aromatic rings. The second kappa shape index (κ2) is 7.11. The molecule has 3 aromatic heterocycles. The molecule has 5 rings (SSSR count). The number of benzene rings is 1. The summed E-state index contributed by atoms with van der Waals surface area (Å²) < 4.78 is 0. The number of nitriles is 3. The predicted molar refractivity (Wildman–Crippen MR) is 113 cm³/mol. The summed E-state index contributed by atoms with van der Waals surface area (Å²) in [6.07, 6.45) is 5.20. The molecule has 8 nitrogen and oxygen atoms in total. The van der Waals surface area contributed by atoms with Gasteiger partial charge in [0.2, 0.25) is 0 Å². The van der Waals surface area contributed by atoms with Crippen LogP contribution >= 0.6 is 0 Å². The average Bonchev–Trinajstić information content (AvgIpc) is 3.18. The van der Waals surface area contributed by atoms with E-state index in [9.17, 15) is 10.5 Å². The number of anilines is 2. The lowest BCUT2D eigenvalue weighted by atomic mass is 9.97. The number of aromatic nitrogens is 4. The summed E-state index contributed by atoms with van der Waals surface area (Å²) in [6, 6.07) is 15.2. The van der Waals surface area contributed by atoms with Crippen molar-refractivity contribution in [3.8, 4) is 52.1 Å². The Bertz CT molecular complexity index is 1380. The van der Waals surface area contributed by atoms with E-state index in [1.54, 1.807) is 30.7 Å². The van der Waals surface area contributed by atoms with Crippen molar-refractivity contribution >= 4 is 11.5 Å². The lowest BCUT2D eigenvalue weighted by Crippen LogP contribution is -1.97. The highest BCUT2D eigenvalue weighted by Crippen LogP contribution is 2.43. The van der Waals surface area contributed by atoms with Crippen molar-refractivity contribution in [2.24, 2.45) is 0 Å². The minimum atomic E-state index is 0.114. The van der Waals surface area contributed by atoms with E-state index in [1.807, 2.05) is 18.2 Å². The first-order valence-electron chi connectivity index (χ1n) is 9.34. The van der Waals surface area contributed by atoms with E-state index in [-0.39, 0.29) is 17.5 Å². The maximum atomic E-state index is 9.74. The fourth-order valence-corrected chi connectivity index (χ4v) is 3.74. The summed E-state index contributed by atoms with van der Waals surface area (Å²) in [5, 5.41) is 31.8. The first kappa shape index (κ1) is 18.1. The molecule has 4 heterocycles. The van der Waals surface area contributed by atoms with Crippen LogP contribution in [0.1, 0.15) is 16.7 Å². The Balaban J connectivity index is 1.81. The number of imidazole rings is 1. The van der Waals surface area contributed by atoms with E-state index in [1.165, 1.54) is 0 Å². The number of rotatable bonds is 2. The van der Waals surface area contributed by atoms with E-state index < -0.39 is 0 Å². The molecule has 1 aliphatic rings. The molecule has 0 radical (unpaired) electrons. The van der Waals surface area contributed by atoms with Gasteiger partial charge < -0.3 is 10.3 Å². The normalized spacial score (nSPS) is 10.9. The Kier molecular flexibility index (Phi) is 4.14. The van der Waals surface area contributed by atoms with Crippen LogP contribution in [0.3, 0.4) is 0 Å². The molecule has 1 aliphatic heterocycles. The minimum absolute atomic E-state index is 0.114. The molecule has 2 N–H and O–H groups in total. The van der Waals surface area contributed by atoms with Crippen LogP contribution in [0.4, 0.5) is 11.5 Å². The van der Waals surface area contributed by atoms with Gasteiger partial charge in [-0.15, -0.1) is 0 Å². The van der Waals surface area contributed by atoms with Crippen molar-refractivity contribution in [1.29, 1.82) is 15.8 Å². The third-order valence-corrected chi connectivity index (χ3v) is 5.07. The zero-order valence-electron chi connectivity index (χ0n) is 16.0. The van der Waals surface area contributed by atoms with Gasteiger partial charge in [0.1, 0.15) is 17.3 Å². The quantitative estimate of drug-likeness (QED) is 0.455. The number of fused-ring (bicyclic) bond motifs is 5. The summed E-state index contributed by atoms with van der Waals surface area (Å²) in [5.41, 5.74) is 5.39.